The maximum atomic E-state index is 11.4. The molecule has 3 N–H and O–H groups in total. The van der Waals surface area contributed by atoms with E-state index in [9.17, 15) is 20.3 Å². The van der Waals surface area contributed by atoms with E-state index in [0.717, 1.165) is 27.8 Å². The van der Waals surface area contributed by atoms with E-state index in [2.05, 4.69) is 36.5 Å². The van der Waals surface area contributed by atoms with Crippen LogP contribution in [0.4, 0.5) is 0 Å². The third-order valence-corrected chi connectivity index (χ3v) is 6.87. The molecule has 0 fully saturated rings. The number of rotatable bonds is 12. The van der Waals surface area contributed by atoms with Crippen LogP contribution in [0.15, 0.2) is 84.9 Å². The summed E-state index contributed by atoms with van der Waals surface area (Å²) < 4.78 is 12.3. The molecule has 0 saturated carbocycles. The van der Waals surface area contributed by atoms with Crippen LogP contribution in [0.2, 0.25) is 5.02 Å². The molecule has 1 atom stereocenters. The number of nitriles is 1. The number of carboxylic acid groups (broad SMARTS) is 1. The molecule has 7 nitrogen and oxygen atoms in total. The van der Waals surface area contributed by atoms with Crippen molar-refractivity contribution in [3.05, 3.63) is 118 Å². The molecule has 0 aliphatic carbocycles. The first-order valence-electron chi connectivity index (χ1n) is 12.7. The second-order valence-electron chi connectivity index (χ2n) is 9.17. The Kier molecular flexibility index (Phi) is 9.76. The van der Waals surface area contributed by atoms with Gasteiger partial charge in [-0.25, -0.2) is 0 Å². The highest BCUT2D eigenvalue weighted by Crippen LogP contribution is 2.38. The molecule has 204 valence electrons. The number of hydrogen-bond acceptors (Lipinski definition) is 6. The van der Waals surface area contributed by atoms with E-state index in [1.54, 1.807) is 30.3 Å². The number of carboxylic acids is 1. The minimum atomic E-state index is -1.17. The van der Waals surface area contributed by atoms with Crippen LogP contribution in [0.3, 0.4) is 0 Å². The summed E-state index contributed by atoms with van der Waals surface area (Å²) in [5, 5.41) is 30.9. The third kappa shape index (κ3) is 6.99. The lowest BCUT2D eigenvalue weighted by molar-refractivity contribution is -0.140. The molecule has 0 heterocycles. The summed E-state index contributed by atoms with van der Waals surface area (Å²) in [7, 11) is 0. The van der Waals surface area contributed by atoms with Crippen LogP contribution in [-0.4, -0.2) is 28.8 Å². The van der Waals surface area contributed by atoms with E-state index in [1.807, 2.05) is 36.4 Å². The van der Waals surface area contributed by atoms with Crippen molar-refractivity contribution >= 4 is 17.6 Å². The number of aliphatic hydroxyl groups excluding tert-OH is 1. The molecular formula is C32H29ClN2O5. The number of halogens is 1. The van der Waals surface area contributed by atoms with Crippen molar-refractivity contribution in [2.75, 3.05) is 6.61 Å². The zero-order valence-electron chi connectivity index (χ0n) is 21.9. The quantitative estimate of drug-likeness (QED) is 0.200. The standard InChI is InChI=1S/C32H29ClN2O5/c1-21-26(11-6-12-27(21)24-9-3-2-4-10-24)20-39-29-14-13-25(17-35-28(18-36)32(37)38)31(30(29)33)40-19-23-8-5-7-22(15-23)16-34/h2-15,28,35-36H,17-20H2,1H3,(H,37,38)/t28-/m1/s1. The number of nitrogens with one attached hydrogen (secondary N) is 1. The Bertz CT molecular complexity index is 1520. The van der Waals surface area contributed by atoms with Crippen LogP contribution in [-0.2, 0) is 24.6 Å². The zero-order valence-corrected chi connectivity index (χ0v) is 22.7. The van der Waals surface area contributed by atoms with Crippen LogP contribution in [0.25, 0.3) is 11.1 Å². The lowest BCUT2D eigenvalue weighted by Crippen LogP contribution is -2.39. The Morgan fingerprint density at radius 1 is 0.975 bits per heavy atom. The number of carbonyl (C=O) groups is 1. The summed E-state index contributed by atoms with van der Waals surface area (Å²) in [4.78, 5) is 11.4. The number of aliphatic hydroxyl groups is 1. The Morgan fingerprint density at radius 2 is 1.75 bits per heavy atom. The number of aliphatic carboxylic acids is 1. The summed E-state index contributed by atoms with van der Waals surface area (Å²) in [5.41, 5.74) is 6.22. The fraction of sp³-hybridized carbons (Fsp3) is 0.188. The lowest BCUT2D eigenvalue weighted by atomic mass is 9.97. The summed E-state index contributed by atoms with van der Waals surface area (Å²) in [6.45, 7) is 1.98. The minimum absolute atomic E-state index is 0.0866. The Labute approximate surface area is 238 Å². The summed E-state index contributed by atoms with van der Waals surface area (Å²) in [5.74, 6) is -0.434. The van der Waals surface area contributed by atoms with Gasteiger partial charge in [-0.05, 0) is 52.9 Å². The molecule has 0 aliphatic rings. The Morgan fingerprint density at radius 3 is 2.48 bits per heavy atom. The molecule has 0 bridgehead atoms. The molecule has 40 heavy (non-hydrogen) atoms. The van der Waals surface area contributed by atoms with Crippen molar-refractivity contribution in [1.82, 2.24) is 5.32 Å². The molecule has 4 aromatic carbocycles. The average Bonchev–Trinajstić information content (AvgIpc) is 2.97. The smallest absolute Gasteiger partial charge is 0.323 e. The lowest BCUT2D eigenvalue weighted by Gasteiger charge is -2.19. The summed E-state index contributed by atoms with van der Waals surface area (Å²) in [6.07, 6.45) is 0. The van der Waals surface area contributed by atoms with E-state index in [-0.39, 0.29) is 24.8 Å². The fourth-order valence-corrected chi connectivity index (χ4v) is 4.55. The molecule has 0 unspecified atom stereocenters. The molecule has 0 spiro atoms. The molecule has 0 radical (unpaired) electrons. The van der Waals surface area contributed by atoms with Gasteiger partial charge in [-0.3, -0.25) is 10.1 Å². The SMILES string of the molecule is Cc1c(COc2ccc(CN[C@H](CO)C(=O)O)c(OCc3cccc(C#N)c3)c2Cl)cccc1-c1ccccc1. The Hall–Kier alpha value is -4.35. The van der Waals surface area contributed by atoms with Crippen LogP contribution in [0, 0.1) is 18.3 Å². The number of benzene rings is 4. The molecule has 4 rings (SSSR count). The maximum Gasteiger partial charge on any atom is 0.323 e. The summed E-state index contributed by atoms with van der Waals surface area (Å²) >= 11 is 6.79. The molecular weight excluding hydrogens is 528 g/mol. The van der Waals surface area contributed by atoms with Crippen molar-refractivity contribution in [1.29, 1.82) is 5.26 Å². The van der Waals surface area contributed by atoms with Crippen LogP contribution in [0.5, 0.6) is 11.5 Å². The highest BCUT2D eigenvalue weighted by molar-refractivity contribution is 6.33. The predicted molar refractivity (Wildman–Crippen MR) is 153 cm³/mol. The van der Waals surface area contributed by atoms with Gasteiger partial charge in [0.2, 0.25) is 0 Å². The van der Waals surface area contributed by atoms with Crippen molar-refractivity contribution in [3.63, 3.8) is 0 Å². The molecule has 0 amide bonds. The van der Waals surface area contributed by atoms with Gasteiger partial charge >= 0.3 is 5.97 Å². The van der Waals surface area contributed by atoms with Crippen LogP contribution < -0.4 is 14.8 Å². The van der Waals surface area contributed by atoms with E-state index in [1.165, 1.54) is 0 Å². The second-order valence-corrected chi connectivity index (χ2v) is 9.54. The first-order chi connectivity index (χ1) is 19.4. The zero-order chi connectivity index (χ0) is 28.5. The van der Waals surface area contributed by atoms with Crippen molar-refractivity contribution in [3.8, 4) is 28.7 Å². The molecule has 0 aromatic heterocycles. The number of hydrogen-bond donors (Lipinski definition) is 3. The van der Waals surface area contributed by atoms with Crippen LogP contribution in [0.1, 0.15) is 27.8 Å². The van der Waals surface area contributed by atoms with E-state index >= 15 is 0 Å². The van der Waals surface area contributed by atoms with Gasteiger partial charge in [0, 0.05) is 12.1 Å². The van der Waals surface area contributed by atoms with Gasteiger partial charge in [-0.15, -0.1) is 0 Å². The maximum absolute atomic E-state index is 11.4. The molecule has 8 heteroatoms. The van der Waals surface area contributed by atoms with Gasteiger partial charge in [0.05, 0.1) is 18.2 Å². The average molecular weight is 557 g/mol. The normalized spacial score (nSPS) is 11.4. The largest absolute Gasteiger partial charge is 0.487 e. The molecule has 4 aromatic rings. The first kappa shape index (κ1) is 28.7. The third-order valence-electron chi connectivity index (χ3n) is 6.52. The number of nitrogens with zero attached hydrogens (tertiary/aromatic N) is 1. The highest BCUT2D eigenvalue weighted by Gasteiger charge is 2.20. The van der Waals surface area contributed by atoms with Crippen LogP contribution >= 0.6 is 11.6 Å². The van der Waals surface area contributed by atoms with Gasteiger partial charge < -0.3 is 19.7 Å². The van der Waals surface area contributed by atoms with E-state index in [0.29, 0.717) is 22.6 Å². The predicted octanol–water partition coefficient (Wildman–Crippen LogP) is 5.88. The van der Waals surface area contributed by atoms with E-state index < -0.39 is 18.6 Å². The monoisotopic (exact) mass is 556 g/mol. The second kappa shape index (κ2) is 13.6. The molecule has 0 saturated heterocycles. The van der Waals surface area contributed by atoms with Crippen molar-refractivity contribution in [2.24, 2.45) is 0 Å². The Balaban J connectivity index is 1.58. The van der Waals surface area contributed by atoms with Gasteiger partial charge in [-0.1, -0.05) is 78.3 Å². The van der Waals surface area contributed by atoms with Gasteiger partial charge in [0.25, 0.3) is 0 Å². The van der Waals surface area contributed by atoms with E-state index in [4.69, 9.17) is 21.1 Å². The van der Waals surface area contributed by atoms with Crippen molar-refractivity contribution in [2.45, 2.75) is 32.7 Å². The van der Waals surface area contributed by atoms with Gasteiger partial charge in [0.15, 0.2) is 0 Å². The highest BCUT2D eigenvalue weighted by atomic mass is 35.5. The van der Waals surface area contributed by atoms with Gasteiger partial charge in [-0.2, -0.15) is 5.26 Å². The summed E-state index contributed by atoms with van der Waals surface area (Å²) in [6, 6.07) is 27.7. The minimum Gasteiger partial charge on any atom is -0.487 e. The molecule has 0 aliphatic heterocycles. The fourth-order valence-electron chi connectivity index (χ4n) is 4.26. The number of ether oxygens (including phenoxy) is 2. The topological polar surface area (TPSA) is 112 Å². The first-order valence-corrected chi connectivity index (χ1v) is 13.1. The van der Waals surface area contributed by atoms with Crippen molar-refractivity contribution < 1.29 is 24.5 Å². The van der Waals surface area contributed by atoms with Gasteiger partial charge in [0.1, 0.15) is 35.8 Å².